The normalized spacial score (nSPS) is 15.3. The number of carboxylic acids is 2. The van der Waals surface area contributed by atoms with Crippen LogP contribution in [-0.4, -0.2) is 27.1 Å². The van der Waals surface area contributed by atoms with Crippen LogP contribution in [0.25, 0.3) is 10.8 Å². The first-order valence-corrected chi connectivity index (χ1v) is 7.45. The Bertz CT molecular complexity index is 748. The maximum absolute atomic E-state index is 11.3. The summed E-state index contributed by atoms with van der Waals surface area (Å²) in [5, 5.41) is 19.8. The number of rotatable bonds is 4. The average molecular weight is 299 g/mol. The first-order valence-electron chi connectivity index (χ1n) is 7.45. The Balaban J connectivity index is 2.12. The van der Waals surface area contributed by atoms with Gasteiger partial charge in [0.05, 0.1) is 5.56 Å². The molecule has 22 heavy (non-hydrogen) atoms. The van der Waals surface area contributed by atoms with Crippen LogP contribution in [0.5, 0.6) is 0 Å². The first kappa shape index (κ1) is 14.5. The monoisotopic (exact) mass is 299 g/mol. The molecule has 3 rings (SSSR count). The zero-order valence-corrected chi connectivity index (χ0v) is 12.1. The molecule has 5 nitrogen and oxygen atoms in total. The van der Waals surface area contributed by atoms with Crippen LogP contribution in [0, 0.1) is 5.92 Å². The summed E-state index contributed by atoms with van der Waals surface area (Å²) in [6.07, 6.45) is 5.35. The summed E-state index contributed by atoms with van der Waals surface area (Å²) in [7, 11) is 0. The van der Waals surface area contributed by atoms with Crippen molar-refractivity contribution in [1.29, 1.82) is 0 Å². The van der Waals surface area contributed by atoms with Gasteiger partial charge in [-0.2, -0.15) is 0 Å². The second-order valence-corrected chi connectivity index (χ2v) is 5.86. The summed E-state index contributed by atoms with van der Waals surface area (Å²) in [5.74, 6) is -1.54. The predicted octanol–water partition coefficient (Wildman–Crippen LogP) is 3.36. The average Bonchev–Trinajstić information content (AvgIpc) is 2.99. The van der Waals surface area contributed by atoms with E-state index < -0.39 is 11.9 Å². The van der Waals surface area contributed by atoms with E-state index in [1.54, 1.807) is 12.1 Å². The molecule has 0 saturated heterocycles. The third-order valence-electron chi connectivity index (χ3n) is 4.33. The van der Waals surface area contributed by atoms with E-state index in [1.165, 1.54) is 25.0 Å². The Morgan fingerprint density at radius 2 is 1.82 bits per heavy atom. The number of pyridine rings is 1. The molecule has 0 amide bonds. The lowest BCUT2D eigenvalue weighted by Gasteiger charge is -2.12. The highest BCUT2D eigenvalue weighted by Crippen LogP contribution is 2.30. The van der Waals surface area contributed by atoms with Crippen LogP contribution >= 0.6 is 0 Å². The van der Waals surface area contributed by atoms with Gasteiger partial charge in [-0.3, -0.25) is 0 Å². The maximum atomic E-state index is 11.3. The molecule has 1 aromatic carbocycles. The molecule has 5 heteroatoms. The molecule has 114 valence electrons. The van der Waals surface area contributed by atoms with Gasteiger partial charge in [0.25, 0.3) is 0 Å². The van der Waals surface area contributed by atoms with Gasteiger partial charge in [-0.15, -0.1) is 0 Å². The number of aromatic carboxylic acids is 2. The molecule has 2 N–H and O–H groups in total. The van der Waals surface area contributed by atoms with Crippen LogP contribution in [0.4, 0.5) is 0 Å². The van der Waals surface area contributed by atoms with E-state index in [1.807, 2.05) is 0 Å². The molecule has 0 unspecified atom stereocenters. The van der Waals surface area contributed by atoms with Crippen molar-refractivity contribution in [3.05, 3.63) is 41.2 Å². The van der Waals surface area contributed by atoms with Crippen molar-refractivity contribution >= 4 is 22.7 Å². The standard InChI is InChI=1S/C17H17NO4/c19-16(20)12-6-5-11-9-15(17(21)22)18-14(13(11)8-12)7-10-3-1-2-4-10/h5-6,8-10H,1-4,7H2,(H,19,20)(H,21,22). The second-order valence-electron chi connectivity index (χ2n) is 5.86. The molecule has 1 heterocycles. The van der Waals surface area contributed by atoms with Gasteiger partial charge in [0.15, 0.2) is 0 Å². The summed E-state index contributed by atoms with van der Waals surface area (Å²) in [4.78, 5) is 26.7. The number of carbonyl (C=O) groups is 2. The smallest absolute Gasteiger partial charge is 0.354 e. The number of aromatic nitrogens is 1. The largest absolute Gasteiger partial charge is 0.478 e. The second kappa shape index (κ2) is 5.75. The molecule has 1 aromatic heterocycles. The number of benzene rings is 1. The minimum atomic E-state index is -1.06. The van der Waals surface area contributed by atoms with E-state index in [0.717, 1.165) is 23.6 Å². The molecule has 0 bridgehead atoms. The van der Waals surface area contributed by atoms with E-state index in [0.29, 0.717) is 18.0 Å². The molecule has 0 spiro atoms. The van der Waals surface area contributed by atoms with Gasteiger partial charge in [-0.05, 0) is 35.9 Å². The van der Waals surface area contributed by atoms with Gasteiger partial charge in [-0.25, -0.2) is 14.6 Å². The molecule has 2 aromatic rings. The topological polar surface area (TPSA) is 87.5 Å². The predicted molar refractivity (Wildman–Crippen MR) is 81.3 cm³/mol. The Morgan fingerprint density at radius 3 is 2.45 bits per heavy atom. The van der Waals surface area contributed by atoms with Crippen LogP contribution in [0.1, 0.15) is 52.2 Å². The van der Waals surface area contributed by atoms with Crippen molar-refractivity contribution < 1.29 is 19.8 Å². The number of nitrogens with zero attached hydrogens (tertiary/aromatic N) is 1. The van der Waals surface area contributed by atoms with Crippen molar-refractivity contribution in [2.75, 3.05) is 0 Å². The lowest BCUT2D eigenvalue weighted by Crippen LogP contribution is -2.08. The van der Waals surface area contributed by atoms with Crippen LogP contribution in [0.3, 0.4) is 0 Å². The SMILES string of the molecule is O=C(O)c1ccc2cc(C(=O)O)nc(CC3CCCC3)c2c1. The molecule has 0 atom stereocenters. The summed E-state index contributed by atoms with van der Waals surface area (Å²) in [6, 6.07) is 6.25. The van der Waals surface area contributed by atoms with E-state index in [2.05, 4.69) is 4.98 Å². The maximum Gasteiger partial charge on any atom is 0.354 e. The van der Waals surface area contributed by atoms with Gasteiger partial charge >= 0.3 is 11.9 Å². The minimum absolute atomic E-state index is 0.0172. The zero-order chi connectivity index (χ0) is 15.7. The molecule has 1 aliphatic rings. The summed E-state index contributed by atoms with van der Waals surface area (Å²) < 4.78 is 0. The van der Waals surface area contributed by atoms with E-state index in [4.69, 9.17) is 5.11 Å². The fourth-order valence-electron chi connectivity index (χ4n) is 3.20. The Labute approximate surface area is 127 Å². The van der Waals surface area contributed by atoms with Crippen LogP contribution in [0.2, 0.25) is 0 Å². The van der Waals surface area contributed by atoms with Crippen molar-refractivity contribution in [3.8, 4) is 0 Å². The van der Waals surface area contributed by atoms with Gasteiger partial charge in [0.1, 0.15) is 5.69 Å². The van der Waals surface area contributed by atoms with Crippen molar-refractivity contribution in [3.63, 3.8) is 0 Å². The third-order valence-corrected chi connectivity index (χ3v) is 4.33. The highest BCUT2D eigenvalue weighted by atomic mass is 16.4. The fourth-order valence-corrected chi connectivity index (χ4v) is 3.20. The Morgan fingerprint density at radius 1 is 1.09 bits per heavy atom. The quantitative estimate of drug-likeness (QED) is 0.903. The highest BCUT2D eigenvalue weighted by molar-refractivity contribution is 5.97. The van der Waals surface area contributed by atoms with E-state index >= 15 is 0 Å². The third kappa shape index (κ3) is 2.79. The summed E-state index contributed by atoms with van der Waals surface area (Å²) >= 11 is 0. The first-order chi connectivity index (χ1) is 10.5. The molecular formula is C17H17NO4. The molecule has 1 aliphatic carbocycles. The van der Waals surface area contributed by atoms with E-state index in [9.17, 15) is 14.7 Å². The molecule has 0 radical (unpaired) electrons. The van der Waals surface area contributed by atoms with Crippen molar-refractivity contribution in [1.82, 2.24) is 4.98 Å². The number of carboxylic acid groups (broad SMARTS) is 2. The van der Waals surface area contributed by atoms with Crippen LogP contribution < -0.4 is 0 Å². The molecule has 1 saturated carbocycles. The fraction of sp³-hybridized carbons (Fsp3) is 0.353. The van der Waals surface area contributed by atoms with Crippen molar-refractivity contribution in [2.45, 2.75) is 32.1 Å². The Hall–Kier alpha value is -2.43. The van der Waals surface area contributed by atoms with Crippen LogP contribution in [0.15, 0.2) is 24.3 Å². The lowest BCUT2D eigenvalue weighted by molar-refractivity contribution is 0.0682. The summed E-state index contributed by atoms with van der Waals surface area (Å²) in [5.41, 5.74) is 0.915. The van der Waals surface area contributed by atoms with Gasteiger partial charge in [0.2, 0.25) is 0 Å². The minimum Gasteiger partial charge on any atom is -0.478 e. The number of hydrogen-bond acceptors (Lipinski definition) is 3. The van der Waals surface area contributed by atoms with Gasteiger partial charge in [-0.1, -0.05) is 31.7 Å². The van der Waals surface area contributed by atoms with Crippen LogP contribution in [-0.2, 0) is 6.42 Å². The van der Waals surface area contributed by atoms with Gasteiger partial charge in [0, 0.05) is 11.1 Å². The Kier molecular flexibility index (Phi) is 3.79. The molecule has 0 aliphatic heterocycles. The number of fused-ring (bicyclic) bond motifs is 1. The highest BCUT2D eigenvalue weighted by Gasteiger charge is 2.19. The summed E-state index contributed by atoms with van der Waals surface area (Å²) in [6.45, 7) is 0. The number of hydrogen-bond donors (Lipinski definition) is 2. The lowest BCUT2D eigenvalue weighted by atomic mass is 9.96. The van der Waals surface area contributed by atoms with E-state index in [-0.39, 0.29) is 11.3 Å². The molecular weight excluding hydrogens is 282 g/mol. The molecule has 1 fully saturated rings. The van der Waals surface area contributed by atoms with Gasteiger partial charge < -0.3 is 10.2 Å². The zero-order valence-electron chi connectivity index (χ0n) is 12.1. The van der Waals surface area contributed by atoms with Crippen molar-refractivity contribution in [2.24, 2.45) is 5.92 Å².